The van der Waals surface area contributed by atoms with E-state index < -0.39 is 0 Å². The van der Waals surface area contributed by atoms with Gasteiger partial charge in [-0.2, -0.15) is 11.8 Å². The van der Waals surface area contributed by atoms with Crippen molar-refractivity contribution in [3.63, 3.8) is 0 Å². The zero-order chi connectivity index (χ0) is 18.9. The topological polar surface area (TPSA) is 32.3 Å². The van der Waals surface area contributed by atoms with Gasteiger partial charge in [0.25, 0.3) is 0 Å². The molecule has 0 aromatic heterocycles. The van der Waals surface area contributed by atoms with Gasteiger partial charge in [-0.1, -0.05) is 54.1 Å². The van der Waals surface area contributed by atoms with Crippen LogP contribution in [0.2, 0.25) is 5.02 Å². The summed E-state index contributed by atoms with van der Waals surface area (Å²) in [7, 11) is 0. The highest BCUT2D eigenvalue weighted by atomic mass is 35.5. The van der Waals surface area contributed by atoms with E-state index in [1.807, 2.05) is 30.0 Å². The SMILES string of the molecule is O=C(NCCSCc1ccc(Cl)cc1)C1CCCN(Cc2ccccc2)C1. The van der Waals surface area contributed by atoms with Crippen molar-refractivity contribution in [2.24, 2.45) is 5.92 Å². The Kier molecular flexibility index (Phi) is 8.06. The van der Waals surface area contributed by atoms with E-state index in [0.717, 1.165) is 55.5 Å². The first-order valence-electron chi connectivity index (χ1n) is 9.57. The van der Waals surface area contributed by atoms with Gasteiger partial charge in [-0.25, -0.2) is 0 Å². The van der Waals surface area contributed by atoms with E-state index in [-0.39, 0.29) is 11.8 Å². The molecule has 0 bridgehead atoms. The zero-order valence-electron chi connectivity index (χ0n) is 15.6. The molecule has 2 aromatic rings. The molecule has 1 unspecified atom stereocenters. The Morgan fingerprint density at radius 3 is 2.67 bits per heavy atom. The molecule has 27 heavy (non-hydrogen) atoms. The van der Waals surface area contributed by atoms with Crippen LogP contribution in [0.25, 0.3) is 0 Å². The molecule has 1 fully saturated rings. The van der Waals surface area contributed by atoms with Gasteiger partial charge in [-0.15, -0.1) is 0 Å². The monoisotopic (exact) mass is 402 g/mol. The molecule has 1 N–H and O–H groups in total. The van der Waals surface area contributed by atoms with Gasteiger partial charge in [0.2, 0.25) is 5.91 Å². The maximum absolute atomic E-state index is 12.5. The van der Waals surface area contributed by atoms with E-state index in [2.05, 4.69) is 46.6 Å². The number of nitrogens with one attached hydrogen (secondary N) is 1. The highest BCUT2D eigenvalue weighted by molar-refractivity contribution is 7.98. The fourth-order valence-electron chi connectivity index (χ4n) is 3.42. The van der Waals surface area contributed by atoms with Crippen molar-refractivity contribution >= 4 is 29.3 Å². The summed E-state index contributed by atoms with van der Waals surface area (Å²) in [6.45, 7) is 3.60. The van der Waals surface area contributed by atoms with Crippen molar-refractivity contribution in [2.75, 3.05) is 25.4 Å². The van der Waals surface area contributed by atoms with E-state index >= 15 is 0 Å². The van der Waals surface area contributed by atoms with Crippen molar-refractivity contribution in [1.29, 1.82) is 0 Å². The van der Waals surface area contributed by atoms with E-state index in [0.29, 0.717) is 0 Å². The molecular weight excluding hydrogens is 376 g/mol. The zero-order valence-corrected chi connectivity index (χ0v) is 17.1. The van der Waals surface area contributed by atoms with E-state index in [1.54, 1.807) is 0 Å². The molecule has 2 aromatic carbocycles. The van der Waals surface area contributed by atoms with E-state index in [9.17, 15) is 4.79 Å². The van der Waals surface area contributed by atoms with Crippen molar-refractivity contribution in [2.45, 2.75) is 25.1 Å². The summed E-state index contributed by atoms with van der Waals surface area (Å²) in [4.78, 5) is 14.9. The summed E-state index contributed by atoms with van der Waals surface area (Å²) in [5.41, 5.74) is 2.58. The number of hydrogen-bond acceptors (Lipinski definition) is 3. The van der Waals surface area contributed by atoms with Crippen LogP contribution in [0.5, 0.6) is 0 Å². The van der Waals surface area contributed by atoms with Gasteiger partial charge in [-0.3, -0.25) is 9.69 Å². The maximum atomic E-state index is 12.5. The minimum absolute atomic E-state index is 0.115. The second kappa shape index (κ2) is 10.7. The number of hydrogen-bond donors (Lipinski definition) is 1. The van der Waals surface area contributed by atoms with Crippen LogP contribution in [0, 0.1) is 5.92 Å². The lowest BCUT2D eigenvalue weighted by atomic mass is 9.96. The number of nitrogens with zero attached hydrogens (tertiary/aromatic N) is 1. The minimum atomic E-state index is 0.115. The summed E-state index contributed by atoms with van der Waals surface area (Å²) >= 11 is 7.74. The van der Waals surface area contributed by atoms with Gasteiger partial charge in [0.1, 0.15) is 0 Å². The Morgan fingerprint density at radius 2 is 1.89 bits per heavy atom. The fraction of sp³-hybridized carbons (Fsp3) is 0.409. The number of carbonyl (C=O) groups excluding carboxylic acids is 1. The first-order valence-corrected chi connectivity index (χ1v) is 11.1. The van der Waals surface area contributed by atoms with Crippen LogP contribution < -0.4 is 5.32 Å². The molecule has 1 amide bonds. The molecule has 0 radical (unpaired) electrons. The average molecular weight is 403 g/mol. The third kappa shape index (κ3) is 6.87. The number of carbonyl (C=O) groups is 1. The van der Waals surface area contributed by atoms with Crippen molar-refractivity contribution in [1.82, 2.24) is 10.2 Å². The molecule has 0 aliphatic carbocycles. The molecule has 5 heteroatoms. The Balaban J connectivity index is 1.34. The van der Waals surface area contributed by atoms with Gasteiger partial charge < -0.3 is 5.32 Å². The minimum Gasteiger partial charge on any atom is -0.355 e. The lowest BCUT2D eigenvalue weighted by Gasteiger charge is -2.32. The molecule has 1 saturated heterocycles. The molecule has 1 atom stereocenters. The molecule has 3 nitrogen and oxygen atoms in total. The predicted molar refractivity (Wildman–Crippen MR) is 115 cm³/mol. The molecule has 0 spiro atoms. The van der Waals surface area contributed by atoms with Gasteiger partial charge in [0.05, 0.1) is 5.92 Å². The molecular formula is C22H27ClN2OS. The number of amides is 1. The maximum Gasteiger partial charge on any atom is 0.224 e. The van der Waals surface area contributed by atoms with Gasteiger partial charge in [0, 0.05) is 36.2 Å². The smallest absolute Gasteiger partial charge is 0.224 e. The molecule has 0 saturated carbocycles. The number of rotatable bonds is 8. The molecule has 1 aliphatic rings. The number of piperidine rings is 1. The quantitative estimate of drug-likeness (QED) is 0.655. The Bertz CT molecular complexity index is 708. The normalized spacial score (nSPS) is 17.6. The fourth-order valence-corrected chi connectivity index (χ4v) is 4.36. The summed E-state index contributed by atoms with van der Waals surface area (Å²) in [6.07, 6.45) is 2.09. The molecule has 1 heterocycles. The third-order valence-corrected chi connectivity index (χ3v) is 6.14. The van der Waals surface area contributed by atoms with Gasteiger partial charge in [0.15, 0.2) is 0 Å². The first kappa shape index (κ1) is 20.2. The summed E-state index contributed by atoms with van der Waals surface area (Å²) in [6, 6.07) is 18.4. The predicted octanol–water partition coefficient (Wildman–Crippen LogP) is 4.60. The molecule has 3 rings (SSSR count). The highest BCUT2D eigenvalue weighted by Gasteiger charge is 2.25. The lowest BCUT2D eigenvalue weighted by molar-refractivity contribution is -0.126. The number of thioether (sulfide) groups is 1. The van der Waals surface area contributed by atoms with Crippen LogP contribution in [0.4, 0.5) is 0 Å². The first-order chi connectivity index (χ1) is 13.2. The van der Waals surface area contributed by atoms with Crippen LogP contribution in [0.1, 0.15) is 24.0 Å². The molecule has 1 aliphatic heterocycles. The highest BCUT2D eigenvalue weighted by Crippen LogP contribution is 2.19. The Labute approximate surface area is 171 Å². The average Bonchev–Trinajstić information content (AvgIpc) is 2.70. The van der Waals surface area contributed by atoms with E-state index in [1.165, 1.54) is 11.1 Å². The molecule has 144 valence electrons. The van der Waals surface area contributed by atoms with E-state index in [4.69, 9.17) is 11.6 Å². The number of benzene rings is 2. The number of halogens is 1. The van der Waals surface area contributed by atoms with Gasteiger partial charge in [-0.05, 0) is 42.6 Å². The Morgan fingerprint density at radius 1 is 1.11 bits per heavy atom. The largest absolute Gasteiger partial charge is 0.355 e. The van der Waals surface area contributed by atoms with Crippen molar-refractivity contribution in [3.8, 4) is 0 Å². The Hall–Kier alpha value is -1.49. The van der Waals surface area contributed by atoms with Crippen LogP contribution in [0.15, 0.2) is 54.6 Å². The summed E-state index contributed by atoms with van der Waals surface area (Å²) in [5, 5.41) is 3.89. The van der Waals surface area contributed by atoms with Crippen LogP contribution in [-0.2, 0) is 17.1 Å². The van der Waals surface area contributed by atoms with Crippen LogP contribution >= 0.6 is 23.4 Å². The van der Waals surface area contributed by atoms with Crippen molar-refractivity contribution in [3.05, 3.63) is 70.7 Å². The number of likely N-dealkylation sites (tertiary alicyclic amines) is 1. The second-order valence-electron chi connectivity index (χ2n) is 7.03. The lowest BCUT2D eigenvalue weighted by Crippen LogP contribution is -2.43. The summed E-state index contributed by atoms with van der Waals surface area (Å²) < 4.78 is 0. The second-order valence-corrected chi connectivity index (χ2v) is 8.57. The van der Waals surface area contributed by atoms with Crippen molar-refractivity contribution < 1.29 is 4.79 Å². The van der Waals surface area contributed by atoms with Crippen LogP contribution in [-0.4, -0.2) is 36.2 Å². The third-order valence-electron chi connectivity index (χ3n) is 4.85. The summed E-state index contributed by atoms with van der Waals surface area (Å²) in [5.74, 6) is 2.19. The van der Waals surface area contributed by atoms with Gasteiger partial charge >= 0.3 is 0 Å². The standard InChI is InChI=1S/C22H27ClN2OS/c23-21-10-8-19(9-11-21)17-27-14-12-24-22(26)20-7-4-13-25(16-20)15-18-5-2-1-3-6-18/h1-3,5-6,8-11,20H,4,7,12-17H2,(H,24,26). The van der Waals surface area contributed by atoms with Crippen LogP contribution in [0.3, 0.4) is 0 Å².